The lowest BCUT2D eigenvalue weighted by atomic mass is 10.0. The fourth-order valence-corrected chi connectivity index (χ4v) is 5.54. The second kappa shape index (κ2) is 13.4. The molecule has 10 heteroatoms. The van der Waals surface area contributed by atoms with Gasteiger partial charge in [-0.05, 0) is 57.2 Å². The number of benzene rings is 2. The highest BCUT2D eigenvalue weighted by Crippen LogP contribution is 2.34. The van der Waals surface area contributed by atoms with Crippen molar-refractivity contribution in [2.45, 2.75) is 57.0 Å². The number of Topliss-reactive ketones (excluding diaryl/α,β-unsaturated/α-hetero) is 1. The average Bonchev–Trinajstić information content (AvgIpc) is 3.33. The molecule has 1 aromatic heterocycles. The maximum atomic E-state index is 12.8. The molecule has 2 aromatic carbocycles. The summed E-state index contributed by atoms with van der Waals surface area (Å²) in [6, 6.07) is 14.3. The molecule has 0 aliphatic rings. The molecule has 3 aromatic rings. The molecule has 3 rings (SSSR count). The lowest BCUT2D eigenvalue weighted by Crippen LogP contribution is -2.38. The minimum absolute atomic E-state index is 0.0289. The number of carbonyl (C=O) groups excluding carboxylic acids is 2. The molecule has 0 saturated heterocycles. The third-order valence-electron chi connectivity index (χ3n) is 6.23. The van der Waals surface area contributed by atoms with Gasteiger partial charge in [0.1, 0.15) is 10.5 Å². The summed E-state index contributed by atoms with van der Waals surface area (Å²) in [5.74, 6) is 0.212. The second-order valence-corrected chi connectivity index (χ2v) is 13.0. The number of ether oxygens (including phenoxy) is 2. The summed E-state index contributed by atoms with van der Waals surface area (Å²) < 4.78 is 35.3. The van der Waals surface area contributed by atoms with Gasteiger partial charge in [-0.1, -0.05) is 54.1 Å². The Hall–Kier alpha value is -3.30. The molecule has 0 fully saturated rings. The first-order valence-corrected chi connectivity index (χ1v) is 15.4. The van der Waals surface area contributed by atoms with Crippen molar-refractivity contribution in [2.24, 2.45) is 0 Å². The van der Waals surface area contributed by atoms with Crippen LogP contribution in [-0.4, -0.2) is 62.2 Å². The number of halogens is 1. The molecule has 0 saturated carbocycles. The molecule has 1 amide bonds. The topological polar surface area (TPSA) is 106 Å². The number of hydrogen-bond donors (Lipinski definition) is 1. The Morgan fingerprint density at radius 1 is 1.00 bits per heavy atom. The van der Waals surface area contributed by atoms with Crippen LogP contribution in [-0.2, 0) is 21.0 Å². The first-order valence-electron chi connectivity index (χ1n) is 13.1. The number of rotatable bonds is 12. The van der Waals surface area contributed by atoms with Crippen LogP contribution in [0.4, 0.5) is 4.79 Å². The number of amides is 1. The first-order chi connectivity index (χ1) is 18.8. The minimum Gasteiger partial charge on any atom is -0.494 e. The third kappa shape index (κ3) is 8.60. The van der Waals surface area contributed by atoms with Gasteiger partial charge in [0.2, 0.25) is 0 Å². The van der Waals surface area contributed by atoms with Gasteiger partial charge < -0.3 is 19.4 Å². The Kier molecular flexibility index (Phi) is 10.4. The maximum Gasteiger partial charge on any atom is 0.410 e. The lowest BCUT2D eigenvalue weighted by molar-refractivity contribution is 0.0249. The van der Waals surface area contributed by atoms with Crippen molar-refractivity contribution < 1.29 is 27.5 Å². The molecule has 0 aliphatic heterocycles. The van der Waals surface area contributed by atoms with E-state index in [1.807, 2.05) is 45.0 Å². The molecule has 1 heterocycles. The highest BCUT2D eigenvalue weighted by atomic mass is 35.5. The molecular formula is C30H37ClN2O6S. The Balaban J connectivity index is 1.59. The van der Waals surface area contributed by atoms with Crippen molar-refractivity contribution >= 4 is 33.3 Å². The Bertz CT molecular complexity index is 1430. The standard InChI is InChI=1S/C30H37ClN2O6S/c1-30(2,3)39-29(35)33(19-17-21-10-6-7-11-24(21)31)18-9-8-12-25(34)22-13-15-23(16-14-22)27-28(40(5,36)37)26(38-4)20-32-27/h6-7,10-11,13-16,20,32H,8-9,12,17-19H2,1-5H3. The van der Waals surface area contributed by atoms with Gasteiger partial charge in [-0.25, -0.2) is 13.2 Å². The number of aromatic nitrogens is 1. The molecule has 0 unspecified atom stereocenters. The summed E-state index contributed by atoms with van der Waals surface area (Å²) in [6.07, 6.45) is 4.37. The smallest absolute Gasteiger partial charge is 0.410 e. The maximum absolute atomic E-state index is 12.8. The number of sulfone groups is 1. The molecule has 0 spiro atoms. The SMILES string of the molecule is COc1c[nH]c(-c2ccc(C(=O)CCCCN(CCc3ccccc3Cl)C(=O)OC(C)(C)C)cc2)c1S(C)(=O)=O. The van der Waals surface area contributed by atoms with Gasteiger partial charge in [0.25, 0.3) is 0 Å². The first kappa shape index (κ1) is 31.2. The van der Waals surface area contributed by atoms with E-state index in [1.165, 1.54) is 13.3 Å². The monoisotopic (exact) mass is 588 g/mol. The largest absolute Gasteiger partial charge is 0.494 e. The van der Waals surface area contributed by atoms with E-state index in [-0.39, 0.29) is 16.4 Å². The number of ketones is 1. The summed E-state index contributed by atoms with van der Waals surface area (Å²) in [4.78, 5) is 30.4. The number of hydrogen-bond acceptors (Lipinski definition) is 6. The van der Waals surface area contributed by atoms with Crippen LogP contribution >= 0.6 is 11.6 Å². The van der Waals surface area contributed by atoms with Crippen molar-refractivity contribution in [3.63, 3.8) is 0 Å². The van der Waals surface area contributed by atoms with E-state index in [1.54, 1.807) is 29.2 Å². The number of aromatic amines is 1. The second-order valence-electron chi connectivity index (χ2n) is 10.6. The molecule has 216 valence electrons. The summed E-state index contributed by atoms with van der Waals surface area (Å²) in [5.41, 5.74) is 1.92. The summed E-state index contributed by atoms with van der Waals surface area (Å²) in [7, 11) is -2.12. The Labute approximate surface area is 241 Å². The van der Waals surface area contributed by atoms with E-state index in [2.05, 4.69) is 4.98 Å². The average molecular weight is 589 g/mol. The number of H-pyrrole nitrogens is 1. The highest BCUT2D eigenvalue weighted by molar-refractivity contribution is 7.91. The molecule has 0 bridgehead atoms. The van der Waals surface area contributed by atoms with Crippen LogP contribution < -0.4 is 4.74 Å². The summed E-state index contributed by atoms with van der Waals surface area (Å²) in [5, 5.41) is 0.659. The van der Waals surface area contributed by atoms with Crippen LogP contribution in [0.5, 0.6) is 5.75 Å². The molecule has 40 heavy (non-hydrogen) atoms. The van der Waals surface area contributed by atoms with E-state index < -0.39 is 21.5 Å². The molecule has 8 nitrogen and oxygen atoms in total. The van der Waals surface area contributed by atoms with Gasteiger partial charge in [0.05, 0.1) is 12.8 Å². The van der Waals surface area contributed by atoms with Crippen molar-refractivity contribution in [3.8, 4) is 17.0 Å². The van der Waals surface area contributed by atoms with Crippen LogP contribution in [0.1, 0.15) is 56.0 Å². The molecule has 0 aliphatic carbocycles. The fourth-order valence-electron chi connectivity index (χ4n) is 4.26. The van der Waals surface area contributed by atoms with Crippen molar-refractivity contribution in [1.29, 1.82) is 0 Å². The number of unbranched alkanes of at least 4 members (excludes halogenated alkanes) is 1. The quantitative estimate of drug-likeness (QED) is 0.189. The Morgan fingerprint density at radius 3 is 2.27 bits per heavy atom. The van der Waals surface area contributed by atoms with Crippen LogP contribution in [0.2, 0.25) is 5.02 Å². The molecular weight excluding hydrogens is 552 g/mol. The van der Waals surface area contributed by atoms with Crippen LogP contribution in [0.15, 0.2) is 59.6 Å². The normalized spacial score (nSPS) is 11.8. The van der Waals surface area contributed by atoms with E-state index in [0.717, 1.165) is 11.8 Å². The van der Waals surface area contributed by atoms with Gasteiger partial charge in [-0.3, -0.25) is 4.79 Å². The van der Waals surface area contributed by atoms with Gasteiger partial charge in [-0.2, -0.15) is 0 Å². The zero-order valence-electron chi connectivity index (χ0n) is 23.6. The van der Waals surface area contributed by atoms with Crippen LogP contribution in [0, 0.1) is 0 Å². The van der Waals surface area contributed by atoms with Gasteiger partial charge in [-0.15, -0.1) is 0 Å². The number of carbonyl (C=O) groups is 2. The van der Waals surface area contributed by atoms with Gasteiger partial charge >= 0.3 is 6.09 Å². The number of nitrogens with one attached hydrogen (secondary N) is 1. The van der Waals surface area contributed by atoms with Crippen molar-refractivity contribution in [2.75, 3.05) is 26.5 Å². The number of methoxy groups -OCH3 is 1. The highest BCUT2D eigenvalue weighted by Gasteiger charge is 2.24. The molecule has 0 atom stereocenters. The molecule has 1 N–H and O–H groups in total. The minimum atomic E-state index is -3.53. The van der Waals surface area contributed by atoms with E-state index in [4.69, 9.17) is 21.1 Å². The van der Waals surface area contributed by atoms with Gasteiger partial charge in [0.15, 0.2) is 21.4 Å². The van der Waals surface area contributed by atoms with Crippen LogP contribution in [0.25, 0.3) is 11.3 Å². The van der Waals surface area contributed by atoms with Crippen molar-refractivity contribution in [1.82, 2.24) is 9.88 Å². The predicted molar refractivity (Wildman–Crippen MR) is 157 cm³/mol. The van der Waals surface area contributed by atoms with E-state index in [0.29, 0.717) is 60.6 Å². The lowest BCUT2D eigenvalue weighted by Gasteiger charge is -2.27. The summed E-state index contributed by atoms with van der Waals surface area (Å²) in [6.45, 7) is 6.39. The fraction of sp³-hybridized carbons (Fsp3) is 0.400. The van der Waals surface area contributed by atoms with Crippen LogP contribution in [0.3, 0.4) is 0 Å². The van der Waals surface area contributed by atoms with E-state index in [9.17, 15) is 18.0 Å². The Morgan fingerprint density at radius 2 is 1.68 bits per heavy atom. The predicted octanol–water partition coefficient (Wildman–Crippen LogP) is 6.58. The van der Waals surface area contributed by atoms with E-state index >= 15 is 0 Å². The number of nitrogens with zero attached hydrogens (tertiary/aromatic N) is 1. The van der Waals surface area contributed by atoms with Gasteiger partial charge in [0, 0.05) is 42.5 Å². The summed E-state index contributed by atoms with van der Waals surface area (Å²) >= 11 is 6.29. The zero-order chi connectivity index (χ0) is 29.5. The zero-order valence-corrected chi connectivity index (χ0v) is 25.2. The third-order valence-corrected chi connectivity index (χ3v) is 7.74. The van der Waals surface area contributed by atoms with Crippen molar-refractivity contribution in [3.05, 3.63) is 70.9 Å². The molecule has 0 radical (unpaired) electrons.